The molecule has 0 unspecified atom stereocenters. The molecule has 55 heavy (non-hydrogen) atoms. The van der Waals surface area contributed by atoms with Gasteiger partial charge in [-0.1, -0.05) is 96.1 Å². The summed E-state index contributed by atoms with van der Waals surface area (Å²) in [6, 6.07) is 40.7. The van der Waals surface area contributed by atoms with Crippen LogP contribution in [0.4, 0.5) is 0 Å². The number of ether oxygens (including phenoxy) is 4. The highest BCUT2D eigenvalue weighted by Gasteiger charge is 2.50. The fourth-order valence-corrected chi connectivity index (χ4v) is 6.31. The number of carbonyl (C=O) groups excluding carboxylic acids is 1. The molecule has 0 saturated heterocycles. The lowest BCUT2D eigenvalue weighted by molar-refractivity contribution is -0.128. The highest BCUT2D eigenvalue weighted by atomic mass is 16.5. The fraction of sp³-hybridized carbons (Fsp3) is 0.273. The van der Waals surface area contributed by atoms with Crippen molar-refractivity contribution in [1.29, 1.82) is 0 Å². The number of amides is 1. The molecule has 0 aliphatic carbocycles. The molecule has 0 aromatic heterocycles. The summed E-state index contributed by atoms with van der Waals surface area (Å²) in [5.41, 5.74) is 13.1. The van der Waals surface area contributed by atoms with Crippen molar-refractivity contribution in [2.45, 2.75) is 57.6 Å². The Bertz CT molecular complexity index is 2090. The van der Waals surface area contributed by atoms with Crippen molar-refractivity contribution in [3.8, 4) is 17.2 Å². The molecule has 6 rings (SSSR count). The van der Waals surface area contributed by atoms with Crippen LogP contribution in [0.3, 0.4) is 0 Å². The van der Waals surface area contributed by atoms with Gasteiger partial charge in [-0.2, -0.15) is 0 Å². The number of azide groups is 1. The van der Waals surface area contributed by atoms with Crippen LogP contribution in [0.25, 0.3) is 10.4 Å². The Balaban J connectivity index is 1.21. The number of nitrogens with one attached hydrogen (secondary N) is 1. The van der Waals surface area contributed by atoms with Gasteiger partial charge >= 0.3 is 0 Å². The predicted octanol–water partition coefficient (Wildman–Crippen LogP) is 7.92. The zero-order chi connectivity index (χ0) is 38.3. The molecule has 1 heterocycles. The van der Waals surface area contributed by atoms with Gasteiger partial charge in [0, 0.05) is 36.5 Å². The van der Waals surface area contributed by atoms with Gasteiger partial charge in [0.2, 0.25) is 5.90 Å². The van der Waals surface area contributed by atoms with E-state index in [9.17, 15) is 4.79 Å². The molecule has 11 nitrogen and oxygen atoms in total. The molecule has 1 aliphatic rings. The molecular weight excluding hydrogens is 695 g/mol. The maximum Gasteiger partial charge on any atom is 0.252 e. The smallest absolute Gasteiger partial charge is 0.252 e. The van der Waals surface area contributed by atoms with E-state index in [4.69, 9.17) is 34.6 Å². The minimum atomic E-state index is -1.31. The Hall–Kier alpha value is -6.29. The van der Waals surface area contributed by atoms with Gasteiger partial charge in [-0.25, -0.2) is 4.99 Å². The Kier molecular flexibility index (Phi) is 13.4. The standard InChI is InChI=1S/C44H45N5O6/c1-32-44(28-37-15-8-9-16-38(37)29-47-49-45,48-42(55-32)36-18-20-39(21-19-36)52-26-10-25-50)43(51)46-24-23-33-17-22-40(53-30-34-11-4-2-5-12-34)41(27-33)54-31-35-13-6-3-7-14-35/h2-9,11-22,27,32,50H,10,23-26,28-31H2,1H3,(H,46,51)/t32-,44-/m1/s1. The SMILES string of the molecule is C[C@H]1OC(c2ccc(OCCCO)cc2)=N[C@@]1(Cc1ccccc1CN=[N+]=[N-])C(=O)NCCc1ccc(OCc2ccccc2)c(OCc2ccccc2)c1. The van der Waals surface area contributed by atoms with Crippen LogP contribution in [0.5, 0.6) is 17.2 Å². The van der Waals surface area contributed by atoms with E-state index in [-0.39, 0.29) is 25.5 Å². The molecule has 2 N–H and O–H groups in total. The van der Waals surface area contributed by atoms with Crippen LogP contribution in [0.1, 0.15) is 46.7 Å². The van der Waals surface area contributed by atoms with Gasteiger partial charge in [-0.3, -0.25) is 4.79 Å². The summed E-state index contributed by atoms with van der Waals surface area (Å²) >= 11 is 0. The largest absolute Gasteiger partial charge is 0.494 e. The number of aliphatic imine (C=N–C) groups is 1. The second-order valence-corrected chi connectivity index (χ2v) is 13.2. The maximum absolute atomic E-state index is 14.4. The summed E-state index contributed by atoms with van der Waals surface area (Å²) < 4.78 is 24.5. The third-order valence-electron chi connectivity index (χ3n) is 9.39. The molecule has 0 fully saturated rings. The molecule has 5 aromatic rings. The fourth-order valence-electron chi connectivity index (χ4n) is 6.31. The van der Waals surface area contributed by atoms with Crippen molar-refractivity contribution in [3.63, 3.8) is 0 Å². The number of carbonyl (C=O) groups is 1. The Morgan fingerprint density at radius 1 is 0.836 bits per heavy atom. The van der Waals surface area contributed by atoms with Crippen molar-refractivity contribution in [3.05, 3.63) is 171 Å². The highest BCUT2D eigenvalue weighted by Crippen LogP contribution is 2.34. The normalized spacial score (nSPS) is 16.0. The molecule has 0 bridgehead atoms. The topological polar surface area (TPSA) is 147 Å². The van der Waals surface area contributed by atoms with Crippen molar-refractivity contribution in [1.82, 2.24) is 5.32 Å². The molecule has 0 spiro atoms. The minimum absolute atomic E-state index is 0.0530. The second kappa shape index (κ2) is 19.2. The summed E-state index contributed by atoms with van der Waals surface area (Å²) in [5, 5.41) is 16.0. The van der Waals surface area contributed by atoms with E-state index in [1.165, 1.54) is 0 Å². The summed E-state index contributed by atoms with van der Waals surface area (Å²) in [4.78, 5) is 22.4. The van der Waals surface area contributed by atoms with E-state index in [0.29, 0.717) is 67.9 Å². The van der Waals surface area contributed by atoms with E-state index < -0.39 is 11.6 Å². The quantitative estimate of drug-likeness (QED) is 0.0381. The minimum Gasteiger partial charge on any atom is -0.494 e. The third kappa shape index (κ3) is 10.2. The number of rotatable bonds is 19. The second-order valence-electron chi connectivity index (χ2n) is 13.2. The van der Waals surface area contributed by atoms with Gasteiger partial charge in [0.05, 0.1) is 13.2 Å². The van der Waals surface area contributed by atoms with Gasteiger partial charge in [0.1, 0.15) is 25.1 Å². The number of nitrogens with zero attached hydrogens (tertiary/aromatic N) is 4. The number of hydrogen-bond donors (Lipinski definition) is 2. The number of aliphatic hydroxyl groups excluding tert-OH is 1. The van der Waals surface area contributed by atoms with E-state index >= 15 is 0 Å². The van der Waals surface area contributed by atoms with Gasteiger partial charge in [-0.15, -0.1) is 0 Å². The van der Waals surface area contributed by atoms with Crippen molar-refractivity contribution in [2.24, 2.45) is 10.1 Å². The monoisotopic (exact) mass is 739 g/mol. The van der Waals surface area contributed by atoms with Crippen LogP contribution in [0, 0.1) is 0 Å². The first kappa shape index (κ1) is 38.4. The zero-order valence-electron chi connectivity index (χ0n) is 30.8. The zero-order valence-corrected chi connectivity index (χ0v) is 30.8. The van der Waals surface area contributed by atoms with E-state index in [1.54, 1.807) is 0 Å². The number of benzene rings is 5. The summed E-state index contributed by atoms with van der Waals surface area (Å²) in [5.74, 6) is 1.98. The van der Waals surface area contributed by atoms with E-state index in [2.05, 4.69) is 15.3 Å². The molecule has 5 aromatic carbocycles. The van der Waals surface area contributed by atoms with Crippen molar-refractivity contribution in [2.75, 3.05) is 19.8 Å². The summed E-state index contributed by atoms with van der Waals surface area (Å²) in [6.07, 6.45) is 0.674. The lowest BCUT2D eigenvalue weighted by Gasteiger charge is -2.29. The molecule has 0 saturated carbocycles. The first-order chi connectivity index (χ1) is 27.0. The molecule has 2 atom stereocenters. The Morgan fingerprint density at radius 2 is 1.49 bits per heavy atom. The summed E-state index contributed by atoms with van der Waals surface area (Å²) in [7, 11) is 0. The lowest BCUT2D eigenvalue weighted by Crippen LogP contribution is -2.53. The molecule has 282 valence electrons. The predicted molar refractivity (Wildman–Crippen MR) is 211 cm³/mol. The molecular formula is C44H45N5O6. The molecule has 1 aliphatic heterocycles. The van der Waals surface area contributed by atoms with Gasteiger partial charge in [-0.05, 0) is 83.1 Å². The van der Waals surface area contributed by atoms with Crippen LogP contribution >= 0.6 is 0 Å². The summed E-state index contributed by atoms with van der Waals surface area (Å²) in [6.45, 7) is 3.56. The third-order valence-corrected chi connectivity index (χ3v) is 9.39. The number of aliphatic hydroxyl groups is 1. The Morgan fingerprint density at radius 3 is 2.16 bits per heavy atom. The molecule has 11 heteroatoms. The lowest BCUT2D eigenvalue weighted by atomic mass is 9.84. The van der Waals surface area contributed by atoms with Gasteiger partial charge < -0.3 is 29.4 Å². The van der Waals surface area contributed by atoms with Crippen LogP contribution in [0.15, 0.2) is 138 Å². The first-order valence-electron chi connectivity index (χ1n) is 18.4. The van der Waals surface area contributed by atoms with Crippen molar-refractivity contribution >= 4 is 11.8 Å². The van der Waals surface area contributed by atoms with Gasteiger partial charge in [0.15, 0.2) is 17.0 Å². The van der Waals surface area contributed by atoms with Gasteiger partial charge in [0.25, 0.3) is 5.91 Å². The van der Waals surface area contributed by atoms with E-state index in [0.717, 1.165) is 27.8 Å². The van der Waals surface area contributed by atoms with Crippen molar-refractivity contribution < 1.29 is 28.8 Å². The van der Waals surface area contributed by atoms with Crippen LogP contribution in [-0.4, -0.2) is 48.3 Å². The first-order valence-corrected chi connectivity index (χ1v) is 18.4. The Labute approximate surface area is 321 Å². The average Bonchev–Trinajstić information content (AvgIpc) is 3.56. The van der Waals surface area contributed by atoms with Crippen LogP contribution < -0.4 is 19.5 Å². The number of hydrogen-bond acceptors (Lipinski definition) is 8. The highest BCUT2D eigenvalue weighted by molar-refractivity contribution is 6.01. The average molecular weight is 740 g/mol. The maximum atomic E-state index is 14.4. The van der Waals surface area contributed by atoms with Crippen LogP contribution in [-0.2, 0) is 42.1 Å². The molecule has 1 amide bonds. The molecule has 0 radical (unpaired) electrons. The van der Waals surface area contributed by atoms with E-state index in [1.807, 2.05) is 134 Å². The van der Waals surface area contributed by atoms with Crippen LogP contribution in [0.2, 0.25) is 0 Å².